The van der Waals surface area contributed by atoms with Crippen LogP contribution in [0.2, 0.25) is 0 Å². The van der Waals surface area contributed by atoms with E-state index in [1.807, 2.05) is 0 Å². The second-order valence-electron chi connectivity index (χ2n) is 3.42. The van der Waals surface area contributed by atoms with Crippen molar-refractivity contribution in [2.24, 2.45) is 0 Å². The molecule has 1 fully saturated rings. The van der Waals surface area contributed by atoms with Crippen LogP contribution in [-0.2, 0) is 14.3 Å². The molecule has 12 heavy (non-hydrogen) atoms. The molecule has 0 spiro atoms. The van der Waals surface area contributed by atoms with Gasteiger partial charge in [-0.3, -0.25) is 4.79 Å². The Balaban J connectivity index is 2.35. The summed E-state index contributed by atoms with van der Waals surface area (Å²) in [5, 5.41) is 2.82. The highest BCUT2D eigenvalue weighted by atomic mass is 16.5. The molecule has 0 aliphatic carbocycles. The number of hydrogen-bond donors (Lipinski definition) is 1. The van der Waals surface area contributed by atoms with Gasteiger partial charge < -0.3 is 14.8 Å². The number of methoxy groups -OCH3 is 1. The predicted molar refractivity (Wildman–Crippen MR) is 43.8 cm³/mol. The average molecular weight is 173 g/mol. The first-order valence-corrected chi connectivity index (χ1v) is 4.00. The van der Waals surface area contributed by atoms with Crippen LogP contribution in [0.5, 0.6) is 0 Å². The molecule has 0 radical (unpaired) electrons. The Morgan fingerprint density at radius 3 is 2.50 bits per heavy atom. The van der Waals surface area contributed by atoms with E-state index in [1.165, 1.54) is 7.11 Å². The quantitative estimate of drug-likeness (QED) is 0.649. The van der Waals surface area contributed by atoms with Crippen LogP contribution in [0.1, 0.15) is 13.8 Å². The van der Waals surface area contributed by atoms with Crippen LogP contribution in [0.4, 0.5) is 0 Å². The SMILES string of the molecule is COC(C)(C)C(=O)NC1COC1. The number of carbonyl (C=O) groups is 1. The zero-order valence-corrected chi connectivity index (χ0v) is 7.72. The van der Waals surface area contributed by atoms with Gasteiger partial charge in [0, 0.05) is 7.11 Å². The topological polar surface area (TPSA) is 47.6 Å². The molecule has 1 rings (SSSR count). The van der Waals surface area contributed by atoms with Crippen LogP contribution in [0.15, 0.2) is 0 Å². The van der Waals surface area contributed by atoms with Gasteiger partial charge in [-0.2, -0.15) is 0 Å². The lowest BCUT2D eigenvalue weighted by atomic mass is 10.1. The predicted octanol–water partition coefficient (Wildman–Crippen LogP) is -0.0736. The minimum Gasteiger partial charge on any atom is -0.377 e. The molecule has 1 aliphatic rings. The molecule has 0 aromatic heterocycles. The van der Waals surface area contributed by atoms with E-state index in [4.69, 9.17) is 9.47 Å². The largest absolute Gasteiger partial charge is 0.377 e. The second kappa shape index (κ2) is 3.41. The number of hydrogen-bond acceptors (Lipinski definition) is 3. The standard InChI is InChI=1S/C8H15NO3/c1-8(2,11-3)7(10)9-6-4-12-5-6/h6H,4-5H2,1-3H3,(H,9,10). The summed E-state index contributed by atoms with van der Waals surface area (Å²) in [7, 11) is 1.52. The molecule has 4 nitrogen and oxygen atoms in total. The summed E-state index contributed by atoms with van der Waals surface area (Å²) >= 11 is 0. The summed E-state index contributed by atoms with van der Waals surface area (Å²) < 4.78 is 9.94. The van der Waals surface area contributed by atoms with E-state index in [2.05, 4.69) is 5.32 Å². The Bertz CT molecular complexity index is 175. The molecule has 0 saturated carbocycles. The molecule has 1 saturated heterocycles. The zero-order chi connectivity index (χ0) is 9.19. The van der Waals surface area contributed by atoms with E-state index >= 15 is 0 Å². The lowest BCUT2D eigenvalue weighted by molar-refractivity contribution is -0.143. The van der Waals surface area contributed by atoms with Crippen LogP contribution >= 0.6 is 0 Å². The number of ether oxygens (including phenoxy) is 2. The number of amides is 1. The molecule has 0 aromatic carbocycles. The van der Waals surface area contributed by atoms with E-state index in [0.29, 0.717) is 13.2 Å². The molecule has 0 aromatic rings. The summed E-state index contributed by atoms with van der Waals surface area (Å²) in [5.41, 5.74) is -0.740. The minimum absolute atomic E-state index is 0.0849. The van der Waals surface area contributed by atoms with E-state index in [0.717, 1.165) is 0 Å². The first-order chi connectivity index (χ1) is 5.56. The molecule has 1 aliphatic heterocycles. The molecule has 0 atom stereocenters. The van der Waals surface area contributed by atoms with E-state index < -0.39 is 5.60 Å². The first kappa shape index (κ1) is 9.48. The Kier molecular flexibility index (Phi) is 2.69. The number of nitrogens with one attached hydrogen (secondary N) is 1. The van der Waals surface area contributed by atoms with E-state index in [9.17, 15) is 4.79 Å². The molecular weight excluding hydrogens is 158 g/mol. The van der Waals surface area contributed by atoms with Gasteiger partial charge in [0.05, 0.1) is 19.3 Å². The fourth-order valence-corrected chi connectivity index (χ4v) is 0.771. The monoisotopic (exact) mass is 173 g/mol. The third-order valence-electron chi connectivity index (χ3n) is 2.03. The minimum atomic E-state index is -0.740. The van der Waals surface area contributed by atoms with Crippen molar-refractivity contribution in [3.63, 3.8) is 0 Å². The maximum absolute atomic E-state index is 11.4. The summed E-state index contributed by atoms with van der Waals surface area (Å²) in [4.78, 5) is 11.4. The Labute approximate surface area is 72.2 Å². The zero-order valence-electron chi connectivity index (χ0n) is 7.72. The van der Waals surface area contributed by atoms with Gasteiger partial charge in [-0.1, -0.05) is 0 Å². The van der Waals surface area contributed by atoms with Gasteiger partial charge in [-0.15, -0.1) is 0 Å². The van der Waals surface area contributed by atoms with Gasteiger partial charge in [-0.05, 0) is 13.8 Å². The highest BCUT2D eigenvalue weighted by Gasteiger charge is 2.30. The van der Waals surface area contributed by atoms with Crippen LogP contribution in [-0.4, -0.2) is 37.9 Å². The summed E-state index contributed by atoms with van der Waals surface area (Å²) in [6.45, 7) is 4.71. The molecule has 1 N–H and O–H groups in total. The van der Waals surface area contributed by atoms with Crippen molar-refractivity contribution in [2.75, 3.05) is 20.3 Å². The van der Waals surface area contributed by atoms with Gasteiger partial charge in [0.25, 0.3) is 5.91 Å². The highest BCUT2D eigenvalue weighted by molar-refractivity contribution is 5.84. The Hall–Kier alpha value is -0.610. The maximum atomic E-state index is 11.4. The van der Waals surface area contributed by atoms with Crippen LogP contribution in [0.3, 0.4) is 0 Å². The van der Waals surface area contributed by atoms with Crippen molar-refractivity contribution in [1.82, 2.24) is 5.32 Å². The van der Waals surface area contributed by atoms with Crippen molar-refractivity contribution in [1.29, 1.82) is 0 Å². The van der Waals surface area contributed by atoms with Gasteiger partial charge >= 0.3 is 0 Å². The van der Waals surface area contributed by atoms with Crippen molar-refractivity contribution < 1.29 is 14.3 Å². The van der Waals surface area contributed by atoms with Gasteiger partial charge in [-0.25, -0.2) is 0 Å². The molecular formula is C8H15NO3. The van der Waals surface area contributed by atoms with E-state index in [-0.39, 0.29) is 11.9 Å². The summed E-state index contributed by atoms with van der Waals surface area (Å²) in [6.07, 6.45) is 0. The molecule has 4 heteroatoms. The fraction of sp³-hybridized carbons (Fsp3) is 0.875. The average Bonchev–Trinajstić information content (AvgIpc) is 1.96. The van der Waals surface area contributed by atoms with Crippen molar-refractivity contribution in [3.8, 4) is 0 Å². The summed E-state index contributed by atoms with van der Waals surface area (Å²) in [5.74, 6) is -0.0849. The Morgan fingerprint density at radius 1 is 1.58 bits per heavy atom. The number of carbonyl (C=O) groups excluding carboxylic acids is 1. The highest BCUT2D eigenvalue weighted by Crippen LogP contribution is 2.09. The molecule has 70 valence electrons. The van der Waals surface area contributed by atoms with Crippen molar-refractivity contribution in [3.05, 3.63) is 0 Å². The summed E-state index contributed by atoms with van der Waals surface area (Å²) in [6, 6.07) is 0.173. The van der Waals surface area contributed by atoms with Crippen molar-refractivity contribution >= 4 is 5.91 Å². The van der Waals surface area contributed by atoms with E-state index in [1.54, 1.807) is 13.8 Å². The van der Waals surface area contributed by atoms with Gasteiger partial charge in [0.2, 0.25) is 0 Å². The smallest absolute Gasteiger partial charge is 0.252 e. The maximum Gasteiger partial charge on any atom is 0.252 e. The Morgan fingerprint density at radius 2 is 2.17 bits per heavy atom. The second-order valence-corrected chi connectivity index (χ2v) is 3.42. The molecule has 1 heterocycles. The number of rotatable bonds is 3. The van der Waals surface area contributed by atoms with Crippen LogP contribution in [0.25, 0.3) is 0 Å². The lowest BCUT2D eigenvalue weighted by Crippen LogP contribution is -2.54. The normalized spacial score (nSPS) is 18.6. The molecule has 1 amide bonds. The van der Waals surface area contributed by atoms with Gasteiger partial charge in [0.15, 0.2) is 0 Å². The van der Waals surface area contributed by atoms with Crippen molar-refractivity contribution in [2.45, 2.75) is 25.5 Å². The van der Waals surface area contributed by atoms with Crippen LogP contribution in [0, 0.1) is 0 Å². The van der Waals surface area contributed by atoms with Crippen LogP contribution < -0.4 is 5.32 Å². The molecule has 0 unspecified atom stereocenters. The first-order valence-electron chi connectivity index (χ1n) is 4.00. The fourth-order valence-electron chi connectivity index (χ4n) is 0.771. The lowest BCUT2D eigenvalue weighted by Gasteiger charge is -2.30. The third-order valence-corrected chi connectivity index (χ3v) is 2.03. The van der Waals surface area contributed by atoms with Gasteiger partial charge in [0.1, 0.15) is 5.60 Å². The third kappa shape index (κ3) is 1.95. The molecule has 0 bridgehead atoms.